The third-order valence-electron chi connectivity index (χ3n) is 0.827. The van der Waals surface area contributed by atoms with Crippen LogP contribution in [0.15, 0.2) is 22.8 Å². The van der Waals surface area contributed by atoms with Crippen molar-refractivity contribution in [3.05, 3.63) is 22.8 Å². The average molecular weight is 239 g/mol. The van der Waals surface area contributed by atoms with Crippen molar-refractivity contribution in [3.63, 3.8) is 0 Å². The second-order valence-corrected chi connectivity index (χ2v) is 3.44. The van der Waals surface area contributed by atoms with Crippen molar-refractivity contribution >= 4 is 32.1 Å². The Balaban J connectivity index is 2.59. The first-order chi connectivity index (χ1) is 3.79. The fraction of sp³-hybridized carbons (Fsp3) is 0.200. The summed E-state index contributed by atoms with van der Waals surface area (Å²) < 4.78 is 3.12. The van der Waals surface area contributed by atoms with Crippen molar-refractivity contribution in [2.45, 2.75) is 0 Å². The summed E-state index contributed by atoms with van der Waals surface area (Å²) in [6.45, 7) is 0.913. The summed E-state index contributed by atoms with van der Waals surface area (Å²) in [5, 5.41) is 0. The van der Waals surface area contributed by atoms with Crippen LogP contribution in [0.3, 0.4) is 0 Å². The van der Waals surface area contributed by atoms with Gasteiger partial charge in [0.2, 0.25) is 0 Å². The van der Waals surface area contributed by atoms with Crippen molar-refractivity contribution < 1.29 is 0 Å². The summed E-state index contributed by atoms with van der Waals surface area (Å²) in [6, 6.07) is 0. The molecule has 0 aromatic carbocycles. The Morgan fingerprint density at radius 1 is 1.62 bits per heavy atom. The standard InChI is InChI=1S/C5H5Br2N/c6-5-2-1-3-8(7)4-5/h1-3H,4H2. The maximum atomic E-state index is 3.37. The van der Waals surface area contributed by atoms with E-state index >= 15 is 0 Å². The molecule has 0 aromatic heterocycles. The molecule has 0 unspecified atom stereocenters. The van der Waals surface area contributed by atoms with E-state index < -0.39 is 0 Å². The lowest BCUT2D eigenvalue weighted by Gasteiger charge is -2.12. The van der Waals surface area contributed by atoms with Crippen LogP contribution in [0.25, 0.3) is 0 Å². The van der Waals surface area contributed by atoms with E-state index in [0.29, 0.717) is 0 Å². The van der Waals surface area contributed by atoms with Gasteiger partial charge < -0.3 is 3.93 Å². The van der Waals surface area contributed by atoms with E-state index in [1.165, 1.54) is 4.48 Å². The van der Waals surface area contributed by atoms with Gasteiger partial charge in [-0.1, -0.05) is 15.9 Å². The van der Waals surface area contributed by atoms with Crippen LogP contribution < -0.4 is 0 Å². The summed E-state index contributed by atoms with van der Waals surface area (Å²) in [6.07, 6.45) is 5.96. The van der Waals surface area contributed by atoms with Gasteiger partial charge in [-0.15, -0.1) is 0 Å². The maximum absolute atomic E-state index is 3.37. The highest BCUT2D eigenvalue weighted by molar-refractivity contribution is 9.11. The van der Waals surface area contributed by atoms with Gasteiger partial charge in [0.25, 0.3) is 0 Å². The smallest absolute Gasteiger partial charge is 0.0605 e. The Hall–Kier alpha value is 0.240. The Bertz CT molecular complexity index is 139. The van der Waals surface area contributed by atoms with Crippen LogP contribution in [-0.4, -0.2) is 10.5 Å². The molecule has 0 spiro atoms. The number of halogens is 2. The van der Waals surface area contributed by atoms with Crippen LogP contribution in [0.5, 0.6) is 0 Å². The van der Waals surface area contributed by atoms with Gasteiger partial charge in [-0.2, -0.15) is 0 Å². The first kappa shape index (κ1) is 6.36. The molecule has 1 rings (SSSR count). The fourth-order valence-electron chi connectivity index (χ4n) is 0.491. The molecule has 0 amide bonds. The van der Waals surface area contributed by atoms with E-state index in [2.05, 4.69) is 32.1 Å². The van der Waals surface area contributed by atoms with Crippen molar-refractivity contribution in [2.24, 2.45) is 0 Å². The normalized spacial score (nSPS) is 18.8. The molecule has 0 aromatic rings. The molecule has 0 saturated carbocycles. The van der Waals surface area contributed by atoms with Gasteiger partial charge in [-0.3, -0.25) is 0 Å². The maximum Gasteiger partial charge on any atom is 0.0605 e. The second-order valence-electron chi connectivity index (χ2n) is 1.51. The van der Waals surface area contributed by atoms with Crippen LogP contribution in [0.4, 0.5) is 0 Å². The number of hydrogen-bond donors (Lipinski definition) is 0. The Morgan fingerprint density at radius 2 is 2.38 bits per heavy atom. The number of allylic oxidation sites excluding steroid dienone is 2. The molecule has 0 saturated heterocycles. The molecular formula is C5H5Br2N. The molecule has 1 aliphatic rings. The molecule has 0 atom stereocenters. The summed E-state index contributed by atoms with van der Waals surface area (Å²) >= 11 is 6.67. The van der Waals surface area contributed by atoms with Gasteiger partial charge in [0.15, 0.2) is 0 Å². The van der Waals surface area contributed by atoms with Crippen LogP contribution in [0.2, 0.25) is 0 Å². The van der Waals surface area contributed by atoms with Crippen molar-refractivity contribution in [2.75, 3.05) is 6.54 Å². The molecule has 0 bridgehead atoms. The highest BCUT2D eigenvalue weighted by Crippen LogP contribution is 2.14. The predicted octanol–water partition coefficient (Wildman–Crippen LogP) is 2.40. The molecule has 0 N–H and O–H groups in total. The molecule has 0 fully saturated rings. The Morgan fingerprint density at radius 3 is 2.75 bits per heavy atom. The molecule has 0 radical (unpaired) electrons. The minimum Gasteiger partial charge on any atom is -0.311 e. The van der Waals surface area contributed by atoms with E-state index in [9.17, 15) is 0 Å². The predicted molar refractivity (Wildman–Crippen MR) is 41.8 cm³/mol. The highest BCUT2D eigenvalue weighted by atomic mass is 79.9. The number of hydrogen-bond acceptors (Lipinski definition) is 1. The van der Waals surface area contributed by atoms with Gasteiger partial charge in [-0.05, 0) is 12.2 Å². The van der Waals surface area contributed by atoms with E-state index in [1.54, 1.807) is 0 Å². The lowest BCUT2D eigenvalue weighted by Crippen LogP contribution is -2.06. The topological polar surface area (TPSA) is 3.24 Å². The minimum absolute atomic E-state index is 0.913. The molecule has 8 heavy (non-hydrogen) atoms. The average Bonchev–Trinajstić information content (AvgIpc) is 1.64. The summed E-state index contributed by atoms with van der Waals surface area (Å²) in [5.74, 6) is 0. The van der Waals surface area contributed by atoms with Crippen LogP contribution in [0.1, 0.15) is 0 Å². The summed E-state index contributed by atoms with van der Waals surface area (Å²) in [5.41, 5.74) is 0. The zero-order valence-electron chi connectivity index (χ0n) is 4.14. The SMILES string of the molecule is BrC1=CC=CN(Br)C1. The Kier molecular flexibility index (Phi) is 2.14. The fourth-order valence-corrected chi connectivity index (χ4v) is 1.66. The minimum atomic E-state index is 0.913. The molecule has 1 nitrogen and oxygen atoms in total. The van der Waals surface area contributed by atoms with Gasteiger partial charge in [0, 0.05) is 26.8 Å². The zero-order chi connectivity index (χ0) is 5.98. The van der Waals surface area contributed by atoms with Gasteiger partial charge in [-0.25, -0.2) is 0 Å². The highest BCUT2D eigenvalue weighted by Gasteiger charge is 1.98. The van der Waals surface area contributed by atoms with Gasteiger partial charge >= 0.3 is 0 Å². The molecule has 0 aliphatic carbocycles. The molecule has 3 heteroatoms. The third kappa shape index (κ3) is 1.63. The first-order valence-electron chi connectivity index (χ1n) is 2.24. The van der Waals surface area contributed by atoms with Crippen molar-refractivity contribution in [3.8, 4) is 0 Å². The van der Waals surface area contributed by atoms with E-state index in [4.69, 9.17) is 0 Å². The number of rotatable bonds is 0. The largest absolute Gasteiger partial charge is 0.311 e. The van der Waals surface area contributed by atoms with E-state index in [1.807, 2.05) is 22.3 Å². The monoisotopic (exact) mass is 237 g/mol. The summed E-state index contributed by atoms with van der Waals surface area (Å²) in [4.78, 5) is 0. The van der Waals surface area contributed by atoms with E-state index in [0.717, 1.165) is 6.54 Å². The quantitative estimate of drug-likeness (QED) is 0.586. The van der Waals surface area contributed by atoms with Crippen molar-refractivity contribution in [1.82, 2.24) is 3.93 Å². The Labute approximate surface area is 65.5 Å². The second kappa shape index (κ2) is 2.69. The lowest BCUT2D eigenvalue weighted by atomic mass is 10.4. The first-order valence-corrected chi connectivity index (χ1v) is 3.74. The summed E-state index contributed by atoms with van der Waals surface area (Å²) in [7, 11) is 0. The molecule has 1 aliphatic heterocycles. The lowest BCUT2D eigenvalue weighted by molar-refractivity contribution is 0.710. The van der Waals surface area contributed by atoms with Crippen LogP contribution in [0, 0.1) is 0 Å². The number of nitrogens with zero attached hydrogens (tertiary/aromatic N) is 1. The van der Waals surface area contributed by atoms with Crippen LogP contribution in [-0.2, 0) is 0 Å². The molecule has 1 heterocycles. The molecular weight excluding hydrogens is 234 g/mol. The van der Waals surface area contributed by atoms with Gasteiger partial charge in [0.1, 0.15) is 0 Å². The van der Waals surface area contributed by atoms with Gasteiger partial charge in [0.05, 0.1) is 6.54 Å². The van der Waals surface area contributed by atoms with Crippen LogP contribution >= 0.6 is 32.1 Å². The molecule has 44 valence electrons. The zero-order valence-corrected chi connectivity index (χ0v) is 7.31. The van der Waals surface area contributed by atoms with Crippen molar-refractivity contribution in [1.29, 1.82) is 0 Å². The van der Waals surface area contributed by atoms with E-state index in [-0.39, 0.29) is 0 Å². The third-order valence-corrected chi connectivity index (χ3v) is 1.83.